The van der Waals surface area contributed by atoms with Crippen molar-refractivity contribution in [3.8, 4) is 0 Å². The molecule has 0 aromatic heterocycles. The van der Waals surface area contributed by atoms with Crippen LogP contribution in [0.4, 0.5) is 0 Å². The molecule has 1 heterocycles. The lowest BCUT2D eigenvalue weighted by atomic mass is 9.64. The first-order chi connectivity index (χ1) is 18.0. The summed E-state index contributed by atoms with van der Waals surface area (Å²) in [6.07, 6.45) is 0. The second kappa shape index (κ2) is 10.9. The van der Waals surface area contributed by atoms with Crippen molar-refractivity contribution in [3.63, 3.8) is 0 Å². The average molecular weight is 575 g/mol. The van der Waals surface area contributed by atoms with Gasteiger partial charge >= 0.3 is 0 Å². The lowest BCUT2D eigenvalue weighted by molar-refractivity contribution is -0.127. The van der Waals surface area contributed by atoms with E-state index in [2.05, 4.69) is 10.1 Å². The Hall–Kier alpha value is -3.11. The van der Waals surface area contributed by atoms with Crippen LogP contribution in [0.15, 0.2) is 83.8 Å². The van der Waals surface area contributed by atoms with Gasteiger partial charge in [0.25, 0.3) is 10.0 Å². The minimum absolute atomic E-state index is 0.0355. The third-order valence-corrected chi connectivity index (χ3v) is 8.71. The molecule has 8 nitrogen and oxygen atoms in total. The van der Waals surface area contributed by atoms with Crippen LogP contribution in [0.3, 0.4) is 0 Å². The molecule has 38 heavy (non-hydrogen) atoms. The van der Waals surface area contributed by atoms with Crippen LogP contribution in [0, 0.1) is 17.2 Å². The molecule has 4 rings (SSSR count). The first-order valence-electron chi connectivity index (χ1n) is 12.0. The van der Waals surface area contributed by atoms with E-state index >= 15 is 0 Å². The molecule has 0 aliphatic carbocycles. The minimum atomic E-state index is -4.08. The van der Waals surface area contributed by atoms with Crippen LogP contribution in [0.1, 0.15) is 30.9 Å². The number of nitrogens with two attached hydrogens (primary N) is 1. The number of halogens is 2. The SMILES string of the molecule is CC(C)[C@H](C(N)=O)C1(c2ccc(Cl)cc2)NN(C(=N)NS(=O)(=O)c2ccc(Cl)cc2)C[C@H]1c1ccccc1. The molecule has 1 fully saturated rings. The van der Waals surface area contributed by atoms with Gasteiger partial charge < -0.3 is 5.73 Å². The fourth-order valence-corrected chi connectivity index (χ4v) is 6.49. The van der Waals surface area contributed by atoms with E-state index in [-0.39, 0.29) is 23.3 Å². The van der Waals surface area contributed by atoms with E-state index in [9.17, 15) is 13.2 Å². The second-order valence-corrected chi connectivity index (χ2v) is 12.1. The van der Waals surface area contributed by atoms with Crippen LogP contribution >= 0.6 is 23.2 Å². The molecule has 0 spiro atoms. The van der Waals surface area contributed by atoms with Crippen LogP contribution in [0.25, 0.3) is 0 Å². The predicted molar refractivity (Wildman–Crippen MR) is 149 cm³/mol. The van der Waals surface area contributed by atoms with Crippen molar-refractivity contribution in [2.45, 2.75) is 30.2 Å². The van der Waals surface area contributed by atoms with Crippen molar-refractivity contribution in [2.75, 3.05) is 6.54 Å². The van der Waals surface area contributed by atoms with E-state index in [4.69, 9.17) is 34.3 Å². The first kappa shape index (κ1) is 27.9. The Morgan fingerprint density at radius 3 is 2.11 bits per heavy atom. The van der Waals surface area contributed by atoms with Gasteiger partial charge in [-0.2, -0.15) is 0 Å². The van der Waals surface area contributed by atoms with Crippen molar-refractivity contribution in [1.29, 1.82) is 5.41 Å². The molecule has 3 aromatic rings. The van der Waals surface area contributed by atoms with Crippen LogP contribution in [0.2, 0.25) is 10.0 Å². The fraction of sp³-hybridized carbons (Fsp3) is 0.259. The van der Waals surface area contributed by atoms with Gasteiger partial charge in [0.1, 0.15) is 0 Å². The van der Waals surface area contributed by atoms with E-state index in [0.29, 0.717) is 10.0 Å². The normalized spacial score (nSPS) is 20.3. The van der Waals surface area contributed by atoms with Gasteiger partial charge in [-0.15, -0.1) is 0 Å². The molecule has 3 atom stereocenters. The first-order valence-corrected chi connectivity index (χ1v) is 14.2. The minimum Gasteiger partial charge on any atom is -0.369 e. The summed E-state index contributed by atoms with van der Waals surface area (Å²) < 4.78 is 28.4. The lowest BCUT2D eigenvalue weighted by Crippen LogP contribution is -2.58. The number of nitrogens with zero attached hydrogens (tertiary/aromatic N) is 1. The fourth-order valence-electron chi connectivity index (χ4n) is 5.27. The maximum atomic E-state index is 13.0. The largest absolute Gasteiger partial charge is 0.369 e. The Kier molecular flexibility index (Phi) is 8.04. The van der Waals surface area contributed by atoms with E-state index in [1.807, 2.05) is 56.3 Å². The number of nitrogens with one attached hydrogen (secondary N) is 3. The van der Waals surface area contributed by atoms with Gasteiger partial charge in [-0.3, -0.25) is 15.2 Å². The van der Waals surface area contributed by atoms with Crippen molar-refractivity contribution in [1.82, 2.24) is 15.2 Å². The number of carbonyl (C=O) groups is 1. The standard InChI is InChI=1S/C27H29Cl2N5O3S/c1-17(2)24(25(30)35)27(19-8-10-20(28)11-9-19)23(18-6-4-3-5-7-18)16-34(33-27)26(31)32-38(36,37)22-14-12-21(29)13-15-22/h3-15,17,23-24,33H,16H2,1-2H3,(H2,30,35)(H2,31,32)/t23-,24+,27?/m0/s1. The molecule has 1 amide bonds. The quantitative estimate of drug-likeness (QED) is 0.245. The number of carbonyl (C=O) groups excluding carboxylic acids is 1. The molecule has 1 aliphatic heterocycles. The summed E-state index contributed by atoms with van der Waals surface area (Å²) in [6, 6.07) is 22.4. The molecule has 200 valence electrons. The molecular weight excluding hydrogens is 545 g/mol. The summed E-state index contributed by atoms with van der Waals surface area (Å²) in [4.78, 5) is 13.0. The highest BCUT2D eigenvalue weighted by Crippen LogP contribution is 2.49. The number of hydrogen-bond acceptors (Lipinski definition) is 5. The number of guanidine groups is 1. The van der Waals surface area contributed by atoms with Gasteiger partial charge in [-0.05, 0) is 53.4 Å². The van der Waals surface area contributed by atoms with E-state index < -0.39 is 33.3 Å². The zero-order valence-corrected chi connectivity index (χ0v) is 23.2. The number of amides is 1. The Labute approximate surface area is 232 Å². The maximum absolute atomic E-state index is 13.0. The summed E-state index contributed by atoms with van der Waals surface area (Å²) >= 11 is 12.1. The van der Waals surface area contributed by atoms with Gasteiger partial charge in [-0.1, -0.05) is 79.5 Å². The molecule has 1 saturated heterocycles. The summed E-state index contributed by atoms with van der Waals surface area (Å²) in [5, 5.41) is 11.1. The topological polar surface area (TPSA) is 128 Å². The van der Waals surface area contributed by atoms with Crippen molar-refractivity contribution in [2.24, 2.45) is 17.6 Å². The predicted octanol–water partition coefficient (Wildman–Crippen LogP) is 4.46. The third kappa shape index (κ3) is 5.37. The Bertz CT molecular complexity index is 1420. The number of hydrogen-bond donors (Lipinski definition) is 4. The maximum Gasteiger partial charge on any atom is 0.264 e. The highest BCUT2D eigenvalue weighted by molar-refractivity contribution is 7.90. The zero-order chi connectivity index (χ0) is 27.7. The second-order valence-electron chi connectivity index (χ2n) is 9.59. The monoisotopic (exact) mass is 573 g/mol. The summed E-state index contributed by atoms with van der Waals surface area (Å²) in [5.41, 5.74) is 9.91. The van der Waals surface area contributed by atoms with Crippen molar-refractivity contribution >= 4 is 45.1 Å². The number of hydrazine groups is 1. The highest BCUT2D eigenvalue weighted by Gasteiger charge is 2.56. The van der Waals surface area contributed by atoms with Gasteiger partial charge in [0.2, 0.25) is 11.9 Å². The summed E-state index contributed by atoms with van der Waals surface area (Å²) in [5.74, 6) is -2.21. The zero-order valence-electron chi connectivity index (χ0n) is 20.9. The summed E-state index contributed by atoms with van der Waals surface area (Å²) in [6.45, 7) is 4.01. The van der Waals surface area contributed by atoms with Crippen LogP contribution in [-0.2, 0) is 20.4 Å². The van der Waals surface area contributed by atoms with Crippen LogP contribution < -0.4 is 15.9 Å². The molecule has 1 aliphatic rings. The summed E-state index contributed by atoms with van der Waals surface area (Å²) in [7, 11) is -4.08. The van der Waals surface area contributed by atoms with Crippen LogP contribution in [-0.4, -0.2) is 31.8 Å². The number of benzene rings is 3. The molecule has 0 bridgehead atoms. The average Bonchev–Trinajstić information content (AvgIpc) is 3.26. The number of sulfonamides is 1. The molecule has 3 aromatic carbocycles. The molecule has 11 heteroatoms. The highest BCUT2D eigenvalue weighted by atomic mass is 35.5. The van der Waals surface area contributed by atoms with Crippen LogP contribution in [0.5, 0.6) is 0 Å². The van der Waals surface area contributed by atoms with Gasteiger partial charge in [0, 0.05) is 22.5 Å². The van der Waals surface area contributed by atoms with Gasteiger partial charge in [-0.25, -0.2) is 18.6 Å². The number of rotatable bonds is 7. The Morgan fingerprint density at radius 2 is 1.58 bits per heavy atom. The number of primary amides is 1. The van der Waals surface area contributed by atoms with Gasteiger partial charge in [0.05, 0.1) is 16.4 Å². The van der Waals surface area contributed by atoms with Crippen molar-refractivity contribution < 1.29 is 13.2 Å². The molecule has 0 radical (unpaired) electrons. The molecule has 5 N–H and O–H groups in total. The Morgan fingerprint density at radius 1 is 1.03 bits per heavy atom. The third-order valence-electron chi connectivity index (χ3n) is 6.85. The molecule has 1 unspecified atom stereocenters. The van der Waals surface area contributed by atoms with Gasteiger partial charge in [0.15, 0.2) is 0 Å². The van der Waals surface area contributed by atoms with Crippen molar-refractivity contribution in [3.05, 3.63) is 100 Å². The Balaban J connectivity index is 1.82. The lowest BCUT2D eigenvalue weighted by Gasteiger charge is -2.43. The smallest absolute Gasteiger partial charge is 0.264 e. The van der Waals surface area contributed by atoms with E-state index in [1.54, 1.807) is 12.1 Å². The molecule has 0 saturated carbocycles. The van der Waals surface area contributed by atoms with E-state index in [0.717, 1.165) is 11.1 Å². The molecular formula is C27H29Cl2N5O3S. The van der Waals surface area contributed by atoms with E-state index in [1.165, 1.54) is 29.3 Å².